The van der Waals surface area contributed by atoms with E-state index in [0.717, 1.165) is 17.8 Å². The molecular formula is C17H20N2O3. The zero-order valence-corrected chi connectivity index (χ0v) is 13.1. The maximum absolute atomic E-state index is 12.0. The molecule has 0 aliphatic rings. The number of hydrogen-bond donors (Lipinski definition) is 1. The maximum atomic E-state index is 12.0. The van der Waals surface area contributed by atoms with Crippen LogP contribution in [-0.2, 0) is 11.2 Å². The van der Waals surface area contributed by atoms with Crippen molar-refractivity contribution < 1.29 is 14.3 Å². The minimum Gasteiger partial charge on any atom is -0.495 e. The van der Waals surface area contributed by atoms with Crippen molar-refractivity contribution in [2.45, 2.75) is 20.3 Å². The second kappa shape index (κ2) is 7.45. The van der Waals surface area contributed by atoms with Crippen LogP contribution in [-0.4, -0.2) is 24.6 Å². The number of rotatable bonds is 6. The second-order valence-electron chi connectivity index (χ2n) is 4.79. The summed E-state index contributed by atoms with van der Waals surface area (Å²) >= 11 is 0. The van der Waals surface area contributed by atoms with Gasteiger partial charge in [-0.05, 0) is 37.6 Å². The zero-order chi connectivity index (χ0) is 15.9. The molecule has 1 aromatic heterocycles. The van der Waals surface area contributed by atoms with Crippen LogP contribution in [0.1, 0.15) is 18.3 Å². The molecule has 0 aliphatic carbocycles. The standard InChI is InChI=1S/C17H20N2O3/c1-4-13-16(10-9-12(2)18-13)22-11-17(20)19-14-7-5-6-8-15(14)21-3/h5-10H,4,11H2,1-3H3,(H,19,20). The summed E-state index contributed by atoms with van der Waals surface area (Å²) in [6.07, 6.45) is 0.755. The maximum Gasteiger partial charge on any atom is 0.262 e. The summed E-state index contributed by atoms with van der Waals surface area (Å²) in [5.41, 5.74) is 2.41. The first-order valence-electron chi connectivity index (χ1n) is 7.16. The molecule has 1 N–H and O–H groups in total. The lowest BCUT2D eigenvalue weighted by molar-refractivity contribution is -0.118. The summed E-state index contributed by atoms with van der Waals surface area (Å²) in [6.45, 7) is 3.86. The van der Waals surface area contributed by atoms with Crippen LogP contribution in [0.3, 0.4) is 0 Å². The molecular weight excluding hydrogens is 280 g/mol. The number of methoxy groups -OCH3 is 1. The first kappa shape index (κ1) is 15.8. The SMILES string of the molecule is CCc1nc(C)ccc1OCC(=O)Nc1ccccc1OC. The number of ether oxygens (including phenoxy) is 2. The Morgan fingerprint density at radius 3 is 2.68 bits per heavy atom. The molecule has 2 rings (SSSR count). The van der Waals surface area contributed by atoms with Crippen LogP contribution in [0.4, 0.5) is 5.69 Å². The molecule has 0 aliphatic heterocycles. The van der Waals surface area contributed by atoms with Crippen molar-refractivity contribution in [1.29, 1.82) is 0 Å². The van der Waals surface area contributed by atoms with E-state index in [9.17, 15) is 4.79 Å². The number of para-hydroxylation sites is 2. The number of nitrogens with one attached hydrogen (secondary N) is 1. The van der Waals surface area contributed by atoms with E-state index in [1.54, 1.807) is 19.2 Å². The van der Waals surface area contributed by atoms with Crippen molar-refractivity contribution >= 4 is 11.6 Å². The lowest BCUT2D eigenvalue weighted by Gasteiger charge is -2.12. The fourth-order valence-electron chi connectivity index (χ4n) is 2.06. The van der Waals surface area contributed by atoms with E-state index < -0.39 is 0 Å². The molecule has 1 amide bonds. The highest BCUT2D eigenvalue weighted by Gasteiger charge is 2.10. The summed E-state index contributed by atoms with van der Waals surface area (Å²) in [4.78, 5) is 16.4. The third kappa shape index (κ3) is 3.97. The molecule has 2 aromatic rings. The minimum atomic E-state index is -0.243. The highest BCUT2D eigenvalue weighted by Crippen LogP contribution is 2.23. The Bertz CT molecular complexity index is 656. The number of benzene rings is 1. The highest BCUT2D eigenvalue weighted by molar-refractivity contribution is 5.93. The van der Waals surface area contributed by atoms with Gasteiger partial charge in [-0.1, -0.05) is 19.1 Å². The van der Waals surface area contributed by atoms with Crippen molar-refractivity contribution in [1.82, 2.24) is 4.98 Å². The molecule has 0 fully saturated rings. The Kier molecular flexibility index (Phi) is 5.36. The third-order valence-electron chi connectivity index (χ3n) is 3.15. The lowest BCUT2D eigenvalue weighted by Crippen LogP contribution is -2.21. The van der Waals surface area contributed by atoms with Gasteiger partial charge in [0.05, 0.1) is 18.5 Å². The average molecular weight is 300 g/mol. The summed E-state index contributed by atoms with van der Waals surface area (Å²) in [7, 11) is 1.56. The van der Waals surface area contributed by atoms with Crippen molar-refractivity contribution in [2.75, 3.05) is 19.0 Å². The predicted octanol–water partition coefficient (Wildman–Crippen LogP) is 2.98. The normalized spacial score (nSPS) is 10.1. The zero-order valence-electron chi connectivity index (χ0n) is 13.1. The molecule has 0 saturated heterocycles. The van der Waals surface area contributed by atoms with Crippen molar-refractivity contribution in [2.24, 2.45) is 0 Å². The van der Waals surface area contributed by atoms with Gasteiger partial charge in [0.2, 0.25) is 0 Å². The largest absolute Gasteiger partial charge is 0.495 e. The van der Waals surface area contributed by atoms with Gasteiger partial charge < -0.3 is 14.8 Å². The predicted molar refractivity (Wildman–Crippen MR) is 85.5 cm³/mol. The Hall–Kier alpha value is -2.56. The van der Waals surface area contributed by atoms with Gasteiger partial charge in [-0.25, -0.2) is 0 Å². The minimum absolute atomic E-state index is 0.0736. The number of carbonyl (C=O) groups is 1. The van der Waals surface area contributed by atoms with Gasteiger partial charge in [-0.2, -0.15) is 0 Å². The summed E-state index contributed by atoms with van der Waals surface area (Å²) < 4.78 is 10.8. The summed E-state index contributed by atoms with van der Waals surface area (Å²) in [5, 5.41) is 2.77. The third-order valence-corrected chi connectivity index (χ3v) is 3.15. The van der Waals surface area contributed by atoms with E-state index in [-0.39, 0.29) is 12.5 Å². The van der Waals surface area contributed by atoms with Crippen LogP contribution < -0.4 is 14.8 Å². The first-order valence-corrected chi connectivity index (χ1v) is 7.16. The topological polar surface area (TPSA) is 60.5 Å². The molecule has 1 aromatic carbocycles. The van der Waals surface area contributed by atoms with E-state index in [1.807, 2.05) is 38.1 Å². The summed E-state index contributed by atoms with van der Waals surface area (Å²) in [5.74, 6) is 1.01. The van der Waals surface area contributed by atoms with Gasteiger partial charge in [0.15, 0.2) is 6.61 Å². The lowest BCUT2D eigenvalue weighted by atomic mass is 10.2. The van der Waals surface area contributed by atoms with Crippen molar-refractivity contribution in [3.05, 3.63) is 47.8 Å². The fraction of sp³-hybridized carbons (Fsp3) is 0.294. The van der Waals surface area contributed by atoms with E-state index in [0.29, 0.717) is 17.2 Å². The molecule has 5 nitrogen and oxygen atoms in total. The summed E-state index contributed by atoms with van der Waals surface area (Å²) in [6, 6.07) is 11.0. The molecule has 5 heteroatoms. The smallest absolute Gasteiger partial charge is 0.262 e. The number of hydrogen-bond acceptors (Lipinski definition) is 4. The molecule has 116 valence electrons. The molecule has 0 saturated carbocycles. The molecule has 0 atom stereocenters. The first-order chi connectivity index (χ1) is 10.6. The average Bonchev–Trinajstić information content (AvgIpc) is 2.54. The van der Waals surface area contributed by atoms with Gasteiger partial charge in [-0.3, -0.25) is 9.78 Å². The Balaban J connectivity index is 1.98. The van der Waals surface area contributed by atoms with E-state index >= 15 is 0 Å². The number of anilines is 1. The van der Waals surface area contributed by atoms with E-state index in [4.69, 9.17) is 9.47 Å². The van der Waals surface area contributed by atoms with Crippen LogP contribution in [0, 0.1) is 6.92 Å². The Morgan fingerprint density at radius 1 is 1.18 bits per heavy atom. The number of nitrogens with zero attached hydrogens (tertiary/aromatic N) is 1. The number of aromatic nitrogens is 1. The van der Waals surface area contributed by atoms with Crippen LogP contribution in [0.2, 0.25) is 0 Å². The van der Waals surface area contributed by atoms with Gasteiger partial charge in [0, 0.05) is 5.69 Å². The van der Waals surface area contributed by atoms with Crippen LogP contribution in [0.15, 0.2) is 36.4 Å². The molecule has 22 heavy (non-hydrogen) atoms. The molecule has 0 bridgehead atoms. The molecule has 1 heterocycles. The number of carbonyl (C=O) groups excluding carboxylic acids is 1. The fourth-order valence-corrected chi connectivity index (χ4v) is 2.06. The molecule has 0 spiro atoms. The van der Waals surface area contributed by atoms with Gasteiger partial charge >= 0.3 is 0 Å². The molecule has 0 unspecified atom stereocenters. The number of aryl methyl sites for hydroxylation is 2. The van der Waals surface area contributed by atoms with Gasteiger partial charge in [0.25, 0.3) is 5.91 Å². The highest BCUT2D eigenvalue weighted by atomic mass is 16.5. The molecule has 0 radical (unpaired) electrons. The number of pyridine rings is 1. The van der Waals surface area contributed by atoms with E-state index in [2.05, 4.69) is 10.3 Å². The van der Waals surface area contributed by atoms with Crippen LogP contribution >= 0.6 is 0 Å². The van der Waals surface area contributed by atoms with E-state index in [1.165, 1.54) is 0 Å². The number of amides is 1. The van der Waals surface area contributed by atoms with Crippen molar-refractivity contribution in [3.63, 3.8) is 0 Å². The Morgan fingerprint density at radius 2 is 1.95 bits per heavy atom. The quantitative estimate of drug-likeness (QED) is 0.891. The van der Waals surface area contributed by atoms with Gasteiger partial charge in [0.1, 0.15) is 11.5 Å². The van der Waals surface area contributed by atoms with Crippen LogP contribution in [0.5, 0.6) is 11.5 Å². The Labute approximate surface area is 130 Å². The second-order valence-corrected chi connectivity index (χ2v) is 4.79. The van der Waals surface area contributed by atoms with Crippen molar-refractivity contribution in [3.8, 4) is 11.5 Å². The monoisotopic (exact) mass is 300 g/mol. The van der Waals surface area contributed by atoms with Crippen LogP contribution in [0.25, 0.3) is 0 Å². The van der Waals surface area contributed by atoms with Gasteiger partial charge in [-0.15, -0.1) is 0 Å².